The predicted octanol–water partition coefficient (Wildman–Crippen LogP) is 2.41. The summed E-state index contributed by atoms with van der Waals surface area (Å²) in [5.41, 5.74) is 0.105. The number of carbonyl (C=O) groups is 1. The van der Waals surface area contributed by atoms with Gasteiger partial charge in [-0.3, -0.25) is 4.79 Å². The summed E-state index contributed by atoms with van der Waals surface area (Å²) in [7, 11) is -3.66. The molecule has 0 radical (unpaired) electrons. The number of rotatable bonds is 6. The van der Waals surface area contributed by atoms with E-state index in [1.165, 1.54) is 25.1 Å². The second-order valence-electron chi connectivity index (χ2n) is 5.24. The van der Waals surface area contributed by atoms with Crippen LogP contribution in [0.1, 0.15) is 31.4 Å². The van der Waals surface area contributed by atoms with Crippen LogP contribution in [0.3, 0.4) is 0 Å². The smallest absolute Gasteiger partial charge is 0.309 e. The summed E-state index contributed by atoms with van der Waals surface area (Å²) in [5, 5.41) is 0.162. The molecule has 1 heterocycles. The lowest BCUT2D eigenvalue weighted by atomic mass is 10.1. The molecule has 122 valence electrons. The third-order valence-electron chi connectivity index (χ3n) is 3.57. The first kappa shape index (κ1) is 17.2. The maximum Gasteiger partial charge on any atom is 0.309 e. The van der Waals surface area contributed by atoms with E-state index >= 15 is 0 Å². The molecule has 2 unspecified atom stereocenters. The first-order valence-electron chi connectivity index (χ1n) is 6.90. The molecule has 0 aliphatic carbocycles. The molecule has 5 nitrogen and oxygen atoms in total. The van der Waals surface area contributed by atoms with Gasteiger partial charge in [-0.15, -0.1) is 0 Å². The minimum Gasteiger partial charge on any atom is -0.465 e. The van der Waals surface area contributed by atoms with Crippen LogP contribution in [0.4, 0.5) is 4.39 Å². The van der Waals surface area contributed by atoms with Crippen LogP contribution in [-0.2, 0) is 19.6 Å². The first-order valence-corrected chi connectivity index (χ1v) is 8.94. The standard InChI is InChI=1S/C14H17ClFNO4S/c1-9(13-11(15)3-2-4-12(13)16)17-22(19,20)8-6-10-5-7-21-14(10)18/h2-4,9-10,17H,5-8H2,1H3. The van der Waals surface area contributed by atoms with Gasteiger partial charge in [-0.1, -0.05) is 17.7 Å². The predicted molar refractivity (Wildman–Crippen MR) is 80.4 cm³/mol. The third-order valence-corrected chi connectivity index (χ3v) is 5.38. The van der Waals surface area contributed by atoms with Gasteiger partial charge >= 0.3 is 5.97 Å². The number of halogens is 2. The summed E-state index contributed by atoms with van der Waals surface area (Å²) < 4.78 is 45.1. The van der Waals surface area contributed by atoms with E-state index in [9.17, 15) is 17.6 Å². The van der Waals surface area contributed by atoms with E-state index in [2.05, 4.69) is 4.72 Å². The number of cyclic esters (lactones) is 1. The van der Waals surface area contributed by atoms with Gasteiger partial charge in [0.25, 0.3) is 0 Å². The third kappa shape index (κ3) is 4.18. The maximum atomic E-state index is 13.8. The van der Waals surface area contributed by atoms with Gasteiger partial charge < -0.3 is 4.74 Å². The van der Waals surface area contributed by atoms with Crippen LogP contribution in [0, 0.1) is 11.7 Å². The van der Waals surface area contributed by atoms with E-state index in [4.69, 9.17) is 16.3 Å². The normalized spacial score (nSPS) is 20.0. The zero-order valence-corrected chi connectivity index (χ0v) is 13.6. The molecular weight excluding hydrogens is 333 g/mol. The van der Waals surface area contributed by atoms with Crippen LogP contribution in [0.15, 0.2) is 18.2 Å². The number of nitrogens with one attached hydrogen (secondary N) is 1. The second-order valence-corrected chi connectivity index (χ2v) is 7.52. The van der Waals surface area contributed by atoms with E-state index in [1.807, 2.05) is 0 Å². The minimum absolute atomic E-state index is 0.105. The molecule has 0 amide bonds. The zero-order valence-electron chi connectivity index (χ0n) is 12.0. The van der Waals surface area contributed by atoms with Crippen molar-refractivity contribution in [2.45, 2.75) is 25.8 Å². The molecule has 0 aromatic heterocycles. The molecule has 1 N–H and O–H groups in total. The van der Waals surface area contributed by atoms with E-state index in [-0.39, 0.29) is 34.6 Å². The van der Waals surface area contributed by atoms with Crippen LogP contribution in [0.5, 0.6) is 0 Å². The Labute approximate surface area is 133 Å². The Morgan fingerprint density at radius 1 is 1.50 bits per heavy atom. The summed E-state index contributed by atoms with van der Waals surface area (Å²) in [6, 6.07) is 3.38. The number of carbonyl (C=O) groups excluding carboxylic acids is 1. The Balaban J connectivity index is 2.00. The fourth-order valence-electron chi connectivity index (χ4n) is 2.41. The van der Waals surface area contributed by atoms with Crippen molar-refractivity contribution in [1.29, 1.82) is 0 Å². The van der Waals surface area contributed by atoms with Crippen LogP contribution < -0.4 is 4.72 Å². The Bertz CT molecular complexity index is 645. The zero-order chi connectivity index (χ0) is 16.3. The molecular formula is C14H17ClFNO4S. The summed E-state index contributed by atoms with van der Waals surface area (Å²) in [6.45, 7) is 1.85. The Hall–Kier alpha value is -1.18. The van der Waals surface area contributed by atoms with Crippen molar-refractivity contribution in [2.24, 2.45) is 5.92 Å². The highest BCUT2D eigenvalue weighted by molar-refractivity contribution is 7.89. The lowest BCUT2D eigenvalue weighted by Gasteiger charge is -2.17. The molecule has 0 spiro atoms. The van der Waals surface area contributed by atoms with Gasteiger partial charge in [0.1, 0.15) is 5.82 Å². The molecule has 1 saturated heterocycles. The van der Waals surface area contributed by atoms with Gasteiger partial charge in [0.05, 0.1) is 18.3 Å². The van der Waals surface area contributed by atoms with E-state index in [0.717, 1.165) is 0 Å². The van der Waals surface area contributed by atoms with Gasteiger partial charge in [0.2, 0.25) is 10.0 Å². The van der Waals surface area contributed by atoms with Crippen molar-refractivity contribution in [3.8, 4) is 0 Å². The summed E-state index contributed by atoms with van der Waals surface area (Å²) >= 11 is 5.92. The van der Waals surface area contributed by atoms with Crippen molar-refractivity contribution in [1.82, 2.24) is 4.72 Å². The van der Waals surface area contributed by atoms with Crippen molar-refractivity contribution in [3.05, 3.63) is 34.6 Å². The van der Waals surface area contributed by atoms with Gasteiger partial charge in [-0.25, -0.2) is 17.5 Å². The molecule has 1 aromatic carbocycles. The second kappa shape index (κ2) is 6.93. The highest BCUT2D eigenvalue weighted by Crippen LogP contribution is 2.26. The first-order chi connectivity index (χ1) is 10.3. The van der Waals surface area contributed by atoms with Gasteiger partial charge in [0, 0.05) is 16.6 Å². The Kier molecular flexibility index (Phi) is 5.41. The topological polar surface area (TPSA) is 72.5 Å². The van der Waals surface area contributed by atoms with Crippen LogP contribution >= 0.6 is 11.6 Å². The number of ether oxygens (including phenoxy) is 1. The average Bonchev–Trinajstić information content (AvgIpc) is 2.81. The monoisotopic (exact) mass is 349 g/mol. The molecule has 2 atom stereocenters. The van der Waals surface area contributed by atoms with Crippen LogP contribution in [0.25, 0.3) is 0 Å². The fraction of sp³-hybridized carbons (Fsp3) is 0.500. The maximum absolute atomic E-state index is 13.8. The SMILES string of the molecule is CC(NS(=O)(=O)CCC1CCOC1=O)c1c(F)cccc1Cl. The number of hydrogen-bond acceptors (Lipinski definition) is 4. The Morgan fingerprint density at radius 3 is 2.82 bits per heavy atom. The molecule has 1 aromatic rings. The van der Waals surface area contributed by atoms with Crippen molar-refractivity contribution in [2.75, 3.05) is 12.4 Å². The van der Waals surface area contributed by atoms with E-state index < -0.39 is 21.9 Å². The number of sulfonamides is 1. The van der Waals surface area contributed by atoms with Gasteiger partial charge in [0.15, 0.2) is 0 Å². The summed E-state index contributed by atoms with van der Waals surface area (Å²) in [4.78, 5) is 11.3. The minimum atomic E-state index is -3.66. The molecule has 0 bridgehead atoms. The highest BCUT2D eigenvalue weighted by Gasteiger charge is 2.29. The van der Waals surface area contributed by atoms with E-state index in [0.29, 0.717) is 13.0 Å². The largest absolute Gasteiger partial charge is 0.465 e. The number of esters is 1. The fourth-order valence-corrected chi connectivity index (χ4v) is 4.10. The number of hydrogen-bond donors (Lipinski definition) is 1. The Morgan fingerprint density at radius 2 is 2.23 bits per heavy atom. The summed E-state index contributed by atoms with van der Waals surface area (Å²) in [5.74, 6) is -1.53. The number of benzene rings is 1. The summed E-state index contributed by atoms with van der Waals surface area (Å²) in [6.07, 6.45) is 0.717. The van der Waals surface area contributed by atoms with Crippen LogP contribution in [-0.4, -0.2) is 26.7 Å². The molecule has 2 rings (SSSR count). The molecule has 1 aliphatic rings. The average molecular weight is 350 g/mol. The quantitative estimate of drug-likeness (QED) is 0.800. The highest BCUT2D eigenvalue weighted by atomic mass is 35.5. The molecule has 1 aliphatic heterocycles. The van der Waals surface area contributed by atoms with Gasteiger partial charge in [-0.05, 0) is 31.9 Å². The van der Waals surface area contributed by atoms with Crippen molar-refractivity contribution < 1.29 is 22.3 Å². The van der Waals surface area contributed by atoms with Crippen LogP contribution in [0.2, 0.25) is 5.02 Å². The molecule has 8 heteroatoms. The lowest BCUT2D eigenvalue weighted by molar-refractivity contribution is -0.141. The molecule has 1 fully saturated rings. The molecule has 22 heavy (non-hydrogen) atoms. The molecule has 0 saturated carbocycles. The van der Waals surface area contributed by atoms with Gasteiger partial charge in [-0.2, -0.15) is 0 Å². The van der Waals surface area contributed by atoms with Crippen molar-refractivity contribution >= 4 is 27.6 Å². The van der Waals surface area contributed by atoms with E-state index in [1.54, 1.807) is 0 Å². The van der Waals surface area contributed by atoms with Crippen molar-refractivity contribution in [3.63, 3.8) is 0 Å². The lowest BCUT2D eigenvalue weighted by Crippen LogP contribution is -2.31.